The van der Waals surface area contributed by atoms with Crippen LogP contribution in [0, 0.1) is 5.92 Å². The van der Waals surface area contributed by atoms with Crippen LogP contribution in [0.1, 0.15) is 43.7 Å². The van der Waals surface area contributed by atoms with Gasteiger partial charge in [-0.1, -0.05) is 30.3 Å². The van der Waals surface area contributed by atoms with Crippen molar-refractivity contribution in [2.75, 3.05) is 11.6 Å². The molecule has 0 saturated carbocycles. The molecule has 1 aromatic heterocycles. The number of nitrogens with two attached hydrogens (primary N) is 1. The Morgan fingerprint density at radius 1 is 1.06 bits per heavy atom. The smallest absolute Gasteiger partial charge is 0.354 e. The van der Waals surface area contributed by atoms with Gasteiger partial charge >= 0.3 is 11.9 Å². The summed E-state index contributed by atoms with van der Waals surface area (Å²) in [5.41, 5.74) is 1.43. The number of nitrogens with zero attached hydrogens (tertiary/aromatic N) is 1. The van der Waals surface area contributed by atoms with Crippen LogP contribution in [0.4, 0.5) is 5.69 Å². The minimum atomic E-state index is -1.12. The van der Waals surface area contributed by atoms with Crippen LogP contribution in [0.2, 0.25) is 0 Å². The van der Waals surface area contributed by atoms with Crippen molar-refractivity contribution in [2.45, 2.75) is 39.7 Å². The molecule has 174 valence electrons. The summed E-state index contributed by atoms with van der Waals surface area (Å²) in [5.74, 6) is 3.36. The molecular weight excluding hydrogens is 422 g/mol. The van der Waals surface area contributed by atoms with Gasteiger partial charge in [-0.25, -0.2) is 15.6 Å². The molecule has 33 heavy (non-hydrogen) atoms. The maximum atomic E-state index is 13.3. The molecule has 8 heteroatoms. The molecule has 3 aromatic rings. The van der Waals surface area contributed by atoms with Crippen LogP contribution in [0.15, 0.2) is 54.6 Å². The zero-order valence-electron chi connectivity index (χ0n) is 19.3. The van der Waals surface area contributed by atoms with Gasteiger partial charge in [0.25, 0.3) is 5.91 Å². The Hall–Kier alpha value is -3.65. The zero-order valence-corrected chi connectivity index (χ0v) is 19.3. The van der Waals surface area contributed by atoms with Crippen molar-refractivity contribution in [1.82, 2.24) is 4.98 Å². The number of aromatic amines is 1. The minimum Gasteiger partial charge on any atom is -0.461 e. The Bertz CT molecular complexity index is 1150. The topological polar surface area (TPSA) is 115 Å². The van der Waals surface area contributed by atoms with Gasteiger partial charge in [-0.3, -0.25) is 9.59 Å². The summed E-state index contributed by atoms with van der Waals surface area (Å²) in [6.07, 6.45) is 0.154. The van der Waals surface area contributed by atoms with Crippen molar-refractivity contribution in [3.63, 3.8) is 0 Å². The molecular formula is C25H29N3O5. The molecule has 3 rings (SSSR count). The Balaban J connectivity index is 1.88. The van der Waals surface area contributed by atoms with E-state index in [0.29, 0.717) is 22.3 Å². The second kappa shape index (κ2) is 9.87. The van der Waals surface area contributed by atoms with E-state index in [4.69, 9.17) is 15.3 Å². The van der Waals surface area contributed by atoms with Crippen molar-refractivity contribution < 1.29 is 23.9 Å². The van der Waals surface area contributed by atoms with Crippen LogP contribution in [0.3, 0.4) is 0 Å². The monoisotopic (exact) mass is 451 g/mol. The van der Waals surface area contributed by atoms with Gasteiger partial charge in [0, 0.05) is 10.9 Å². The second-order valence-electron chi connectivity index (χ2n) is 8.66. The first-order valence-electron chi connectivity index (χ1n) is 10.7. The summed E-state index contributed by atoms with van der Waals surface area (Å²) in [4.78, 5) is 41.2. The summed E-state index contributed by atoms with van der Waals surface area (Å²) in [6, 6.07) is 15.9. The highest BCUT2D eigenvalue weighted by Crippen LogP contribution is 2.25. The largest absolute Gasteiger partial charge is 0.461 e. The molecule has 0 bridgehead atoms. The van der Waals surface area contributed by atoms with E-state index < -0.39 is 29.4 Å². The fraction of sp³-hybridized carbons (Fsp3) is 0.320. The molecule has 1 heterocycles. The number of hydrogen-bond acceptors (Lipinski definition) is 6. The number of amides is 1. The number of ether oxygens (including phenoxy) is 2. The Kier molecular flexibility index (Phi) is 7.18. The normalized spacial score (nSPS) is 12.3. The molecule has 1 unspecified atom stereocenters. The average Bonchev–Trinajstić information content (AvgIpc) is 3.20. The summed E-state index contributed by atoms with van der Waals surface area (Å²) >= 11 is 0. The van der Waals surface area contributed by atoms with Crippen LogP contribution in [0.25, 0.3) is 10.9 Å². The number of anilines is 1. The molecule has 1 amide bonds. The fourth-order valence-electron chi connectivity index (χ4n) is 3.38. The van der Waals surface area contributed by atoms with E-state index in [0.717, 1.165) is 10.6 Å². The summed E-state index contributed by atoms with van der Waals surface area (Å²) < 4.78 is 10.5. The first kappa shape index (κ1) is 24.0. The lowest BCUT2D eigenvalue weighted by Gasteiger charge is -2.26. The third kappa shape index (κ3) is 5.98. The Morgan fingerprint density at radius 2 is 1.76 bits per heavy atom. The number of fused-ring (bicyclic) bond motifs is 1. The summed E-state index contributed by atoms with van der Waals surface area (Å²) in [7, 11) is 0. The lowest BCUT2D eigenvalue weighted by Crippen LogP contribution is -2.46. The van der Waals surface area contributed by atoms with Crippen LogP contribution in [0.5, 0.6) is 0 Å². The predicted octanol–water partition coefficient (Wildman–Crippen LogP) is 3.75. The van der Waals surface area contributed by atoms with Crippen LogP contribution >= 0.6 is 0 Å². The number of H-pyrrole nitrogens is 1. The van der Waals surface area contributed by atoms with Gasteiger partial charge in [0.1, 0.15) is 17.2 Å². The first-order chi connectivity index (χ1) is 15.6. The molecule has 8 nitrogen and oxygen atoms in total. The number of aromatic nitrogens is 1. The van der Waals surface area contributed by atoms with Crippen LogP contribution in [-0.4, -0.2) is 35.0 Å². The van der Waals surface area contributed by atoms with Crippen LogP contribution < -0.4 is 10.9 Å². The van der Waals surface area contributed by atoms with Gasteiger partial charge in [-0.2, -0.15) is 0 Å². The Morgan fingerprint density at radius 3 is 2.39 bits per heavy atom. The van der Waals surface area contributed by atoms with E-state index in [9.17, 15) is 14.4 Å². The number of hydrazine groups is 1. The Labute approximate surface area is 192 Å². The van der Waals surface area contributed by atoms with Gasteiger partial charge in [0.15, 0.2) is 0 Å². The number of carbonyl (C=O) groups excluding carboxylic acids is 3. The zero-order chi connectivity index (χ0) is 24.2. The number of nitrogens with one attached hydrogen (secondary N) is 1. The SMILES string of the molecule is CCOC(=O)c1cc2cc(N(N)C(=O)C(Cc3ccccc3)C(=O)OC(C)(C)C)ccc2[nH]1. The third-order valence-electron chi connectivity index (χ3n) is 4.89. The van der Waals surface area contributed by atoms with Crippen LogP contribution in [-0.2, 0) is 25.5 Å². The quantitative estimate of drug-likeness (QED) is 0.186. The van der Waals surface area contributed by atoms with Crippen molar-refractivity contribution in [1.29, 1.82) is 0 Å². The van der Waals surface area contributed by atoms with E-state index in [2.05, 4.69) is 4.98 Å². The van der Waals surface area contributed by atoms with E-state index in [1.807, 2.05) is 30.3 Å². The molecule has 0 aliphatic rings. The highest BCUT2D eigenvalue weighted by atomic mass is 16.6. The highest BCUT2D eigenvalue weighted by molar-refractivity contribution is 6.06. The second-order valence-corrected chi connectivity index (χ2v) is 8.66. The molecule has 3 N–H and O–H groups in total. The molecule has 0 spiro atoms. The number of rotatable bonds is 7. The van der Waals surface area contributed by atoms with Gasteiger partial charge in [0.2, 0.25) is 0 Å². The number of hydrogen-bond donors (Lipinski definition) is 2. The van der Waals surface area contributed by atoms with E-state index in [1.54, 1.807) is 52.0 Å². The molecule has 0 radical (unpaired) electrons. The van der Waals surface area contributed by atoms with E-state index in [-0.39, 0.29) is 13.0 Å². The minimum absolute atomic E-state index is 0.154. The van der Waals surface area contributed by atoms with Gasteiger partial charge in [0.05, 0.1) is 12.3 Å². The van der Waals surface area contributed by atoms with E-state index >= 15 is 0 Å². The van der Waals surface area contributed by atoms with Crippen molar-refractivity contribution >= 4 is 34.4 Å². The first-order valence-corrected chi connectivity index (χ1v) is 10.7. The average molecular weight is 452 g/mol. The number of esters is 2. The summed E-state index contributed by atoms with van der Waals surface area (Å²) in [5, 5.41) is 1.63. The molecule has 0 fully saturated rings. The molecule has 0 aliphatic carbocycles. The lowest BCUT2D eigenvalue weighted by molar-refractivity contribution is -0.162. The van der Waals surface area contributed by atoms with Gasteiger partial charge in [-0.05, 0) is 63.9 Å². The van der Waals surface area contributed by atoms with Crippen molar-refractivity contribution in [2.24, 2.45) is 11.8 Å². The predicted molar refractivity (Wildman–Crippen MR) is 125 cm³/mol. The highest BCUT2D eigenvalue weighted by Gasteiger charge is 2.34. The summed E-state index contributed by atoms with van der Waals surface area (Å²) in [6.45, 7) is 7.23. The van der Waals surface area contributed by atoms with Gasteiger partial charge < -0.3 is 14.5 Å². The number of benzene rings is 2. The molecule has 0 aliphatic heterocycles. The standard InChI is InChI=1S/C25H29N3O5/c1-5-32-24(31)21-15-17-14-18(11-12-20(17)27-21)28(26)22(29)19(23(30)33-25(2,3)4)13-16-9-7-6-8-10-16/h6-12,14-15,19,27H,5,13,26H2,1-4H3. The van der Waals surface area contributed by atoms with Gasteiger partial charge in [-0.15, -0.1) is 0 Å². The lowest BCUT2D eigenvalue weighted by atomic mass is 9.97. The molecule has 1 atom stereocenters. The van der Waals surface area contributed by atoms with E-state index in [1.165, 1.54) is 0 Å². The molecule has 0 saturated heterocycles. The molecule has 2 aromatic carbocycles. The number of carbonyl (C=O) groups is 3. The maximum absolute atomic E-state index is 13.3. The fourth-order valence-corrected chi connectivity index (χ4v) is 3.38. The maximum Gasteiger partial charge on any atom is 0.354 e. The van der Waals surface area contributed by atoms with Crippen molar-refractivity contribution in [3.8, 4) is 0 Å². The third-order valence-corrected chi connectivity index (χ3v) is 4.89. The van der Waals surface area contributed by atoms with Crippen molar-refractivity contribution in [3.05, 3.63) is 65.9 Å².